The smallest absolute Gasteiger partial charge is 0.176 e. The standard InChI is InChI=1S/C25H24F2N2O3.H2O/c26-20-6-1-17(2-7-20)25(18-3-8-21(27)9-4-18)29-13-11-28(12-14-29)16-24(32)19-5-10-22(30)23(31)15-19;/h1-10,15,25,30-31H,11-14,16H2;1H2. The van der Waals surface area contributed by atoms with E-state index >= 15 is 0 Å². The second-order valence-corrected chi connectivity index (χ2v) is 7.94. The molecule has 0 spiro atoms. The van der Waals surface area contributed by atoms with Crippen LogP contribution in [0.15, 0.2) is 66.7 Å². The lowest BCUT2D eigenvalue weighted by atomic mass is 9.96. The molecule has 8 heteroatoms. The fourth-order valence-corrected chi connectivity index (χ4v) is 4.08. The quantitative estimate of drug-likeness (QED) is 0.439. The average molecular weight is 456 g/mol. The van der Waals surface area contributed by atoms with Crippen molar-refractivity contribution < 1.29 is 29.3 Å². The van der Waals surface area contributed by atoms with Crippen LogP contribution in [0.1, 0.15) is 27.5 Å². The Kier molecular flexibility index (Phi) is 7.75. The number of rotatable bonds is 6. The molecule has 1 saturated heterocycles. The Bertz CT molecular complexity index is 1040. The van der Waals surface area contributed by atoms with Crippen molar-refractivity contribution >= 4 is 5.78 Å². The molecule has 0 saturated carbocycles. The lowest BCUT2D eigenvalue weighted by Gasteiger charge is -2.39. The number of ketones is 1. The monoisotopic (exact) mass is 456 g/mol. The number of phenols is 2. The van der Waals surface area contributed by atoms with Crippen molar-refractivity contribution in [3.8, 4) is 11.5 Å². The highest BCUT2D eigenvalue weighted by atomic mass is 19.1. The normalized spacial score (nSPS) is 14.8. The summed E-state index contributed by atoms with van der Waals surface area (Å²) in [5.41, 5.74) is 2.18. The summed E-state index contributed by atoms with van der Waals surface area (Å²) in [4.78, 5) is 16.9. The molecule has 0 amide bonds. The number of carbonyl (C=O) groups excluding carboxylic acids is 1. The molecule has 6 nitrogen and oxygen atoms in total. The third-order valence-electron chi connectivity index (χ3n) is 5.81. The number of phenolic OH excluding ortho intramolecular Hbond substituents is 2. The molecular weight excluding hydrogens is 430 g/mol. The van der Waals surface area contributed by atoms with E-state index in [-0.39, 0.29) is 47.0 Å². The molecule has 0 radical (unpaired) electrons. The minimum atomic E-state index is -0.317. The van der Waals surface area contributed by atoms with Crippen LogP contribution in [0.4, 0.5) is 8.78 Å². The van der Waals surface area contributed by atoms with Crippen LogP contribution in [0.5, 0.6) is 11.5 Å². The number of hydrogen-bond acceptors (Lipinski definition) is 5. The van der Waals surface area contributed by atoms with Gasteiger partial charge in [0.1, 0.15) is 11.6 Å². The first-order chi connectivity index (χ1) is 15.4. The molecule has 0 aromatic heterocycles. The van der Waals surface area contributed by atoms with Gasteiger partial charge in [-0.15, -0.1) is 0 Å². The van der Waals surface area contributed by atoms with E-state index in [0.29, 0.717) is 31.7 Å². The Morgan fingerprint density at radius 1 is 0.788 bits per heavy atom. The Hall–Kier alpha value is -3.33. The number of nitrogens with zero attached hydrogens (tertiary/aromatic N) is 2. The molecule has 4 rings (SSSR count). The van der Waals surface area contributed by atoms with Gasteiger partial charge in [0.25, 0.3) is 0 Å². The summed E-state index contributed by atoms with van der Waals surface area (Å²) in [5, 5.41) is 19.1. The third-order valence-corrected chi connectivity index (χ3v) is 5.81. The van der Waals surface area contributed by atoms with Gasteiger partial charge in [-0.2, -0.15) is 0 Å². The van der Waals surface area contributed by atoms with Crippen LogP contribution in [-0.4, -0.2) is 64.0 Å². The van der Waals surface area contributed by atoms with Crippen LogP contribution in [0.2, 0.25) is 0 Å². The summed E-state index contributed by atoms with van der Waals surface area (Å²) in [5.74, 6) is -1.34. The molecule has 1 aliphatic heterocycles. The first kappa shape index (κ1) is 24.3. The number of hydrogen-bond donors (Lipinski definition) is 2. The van der Waals surface area contributed by atoms with E-state index in [9.17, 15) is 23.8 Å². The van der Waals surface area contributed by atoms with Crippen molar-refractivity contribution in [2.24, 2.45) is 0 Å². The Morgan fingerprint density at radius 3 is 1.79 bits per heavy atom. The summed E-state index contributed by atoms with van der Waals surface area (Å²) in [6.45, 7) is 2.85. The second-order valence-electron chi connectivity index (χ2n) is 7.94. The molecule has 4 N–H and O–H groups in total. The van der Waals surface area contributed by atoms with Crippen LogP contribution in [0, 0.1) is 11.6 Å². The van der Waals surface area contributed by atoms with Gasteiger partial charge in [0.05, 0.1) is 12.6 Å². The van der Waals surface area contributed by atoms with E-state index in [2.05, 4.69) is 4.90 Å². The topological polar surface area (TPSA) is 95.5 Å². The molecule has 3 aromatic carbocycles. The first-order valence-corrected chi connectivity index (χ1v) is 10.4. The summed E-state index contributed by atoms with van der Waals surface area (Å²) >= 11 is 0. The fourth-order valence-electron chi connectivity index (χ4n) is 4.08. The number of piperazine rings is 1. The van der Waals surface area contributed by atoms with Crippen molar-refractivity contribution in [3.05, 3.63) is 95.1 Å². The van der Waals surface area contributed by atoms with E-state index < -0.39 is 0 Å². The van der Waals surface area contributed by atoms with E-state index in [1.807, 2.05) is 4.90 Å². The third kappa shape index (κ3) is 5.73. The maximum Gasteiger partial charge on any atom is 0.176 e. The summed E-state index contributed by atoms with van der Waals surface area (Å²) in [6, 6.07) is 16.6. The highest BCUT2D eigenvalue weighted by Gasteiger charge is 2.27. The van der Waals surface area contributed by atoms with Crippen LogP contribution in [0.3, 0.4) is 0 Å². The number of Topliss-reactive ketones (excluding diaryl/α,β-unsaturated/α-hetero) is 1. The molecule has 0 aliphatic carbocycles. The van der Waals surface area contributed by atoms with Gasteiger partial charge in [0, 0.05) is 31.7 Å². The Morgan fingerprint density at radius 2 is 1.30 bits per heavy atom. The van der Waals surface area contributed by atoms with Crippen LogP contribution in [-0.2, 0) is 0 Å². The summed E-state index contributed by atoms with van der Waals surface area (Å²) < 4.78 is 27.0. The first-order valence-electron chi connectivity index (χ1n) is 10.4. The molecule has 0 unspecified atom stereocenters. The molecule has 33 heavy (non-hydrogen) atoms. The van der Waals surface area contributed by atoms with Crippen molar-refractivity contribution in [2.75, 3.05) is 32.7 Å². The summed E-state index contributed by atoms with van der Waals surface area (Å²) in [6.07, 6.45) is 0. The van der Waals surface area contributed by atoms with Gasteiger partial charge < -0.3 is 15.7 Å². The highest BCUT2D eigenvalue weighted by Crippen LogP contribution is 2.30. The number of carbonyl (C=O) groups is 1. The van der Waals surface area contributed by atoms with Crippen molar-refractivity contribution in [1.82, 2.24) is 9.80 Å². The number of benzene rings is 3. The van der Waals surface area contributed by atoms with Gasteiger partial charge in [0.15, 0.2) is 17.3 Å². The predicted molar refractivity (Wildman–Crippen MR) is 120 cm³/mol. The van der Waals surface area contributed by atoms with Gasteiger partial charge in [-0.3, -0.25) is 14.6 Å². The predicted octanol–water partition coefficient (Wildman–Crippen LogP) is 3.14. The molecule has 1 heterocycles. The van der Waals surface area contributed by atoms with Gasteiger partial charge in [0.2, 0.25) is 0 Å². The Balaban J connectivity index is 0.00000306. The van der Waals surface area contributed by atoms with E-state index in [4.69, 9.17) is 0 Å². The molecule has 0 atom stereocenters. The fraction of sp³-hybridized carbons (Fsp3) is 0.240. The van der Waals surface area contributed by atoms with Crippen LogP contribution < -0.4 is 0 Å². The van der Waals surface area contributed by atoms with Gasteiger partial charge in [-0.05, 0) is 53.6 Å². The molecule has 0 bridgehead atoms. The zero-order valence-electron chi connectivity index (χ0n) is 17.9. The minimum absolute atomic E-state index is 0. The van der Waals surface area contributed by atoms with E-state index in [1.54, 1.807) is 24.3 Å². The molecule has 174 valence electrons. The highest BCUT2D eigenvalue weighted by molar-refractivity contribution is 5.98. The molecule has 1 aliphatic rings. The van der Waals surface area contributed by atoms with Crippen molar-refractivity contribution in [1.29, 1.82) is 0 Å². The van der Waals surface area contributed by atoms with Crippen LogP contribution in [0.25, 0.3) is 0 Å². The average Bonchev–Trinajstić information content (AvgIpc) is 2.79. The minimum Gasteiger partial charge on any atom is -0.504 e. The lowest BCUT2D eigenvalue weighted by Crippen LogP contribution is -2.49. The van der Waals surface area contributed by atoms with E-state index in [0.717, 1.165) is 11.1 Å². The maximum atomic E-state index is 13.5. The van der Waals surface area contributed by atoms with E-state index in [1.165, 1.54) is 42.5 Å². The number of halogens is 2. The zero-order chi connectivity index (χ0) is 22.7. The van der Waals surface area contributed by atoms with Crippen molar-refractivity contribution in [3.63, 3.8) is 0 Å². The van der Waals surface area contributed by atoms with Gasteiger partial charge in [-0.1, -0.05) is 24.3 Å². The molecule has 1 fully saturated rings. The molecule has 3 aromatic rings. The lowest BCUT2D eigenvalue weighted by molar-refractivity contribution is 0.0807. The van der Waals surface area contributed by atoms with Gasteiger partial charge >= 0.3 is 0 Å². The number of aromatic hydroxyl groups is 2. The second kappa shape index (κ2) is 10.5. The van der Waals surface area contributed by atoms with Crippen molar-refractivity contribution in [2.45, 2.75) is 6.04 Å². The summed E-state index contributed by atoms with van der Waals surface area (Å²) in [7, 11) is 0. The SMILES string of the molecule is O.O=C(CN1CCN(C(c2ccc(F)cc2)c2ccc(F)cc2)CC1)c1ccc(O)c(O)c1. The zero-order valence-corrected chi connectivity index (χ0v) is 17.9. The Labute approximate surface area is 190 Å². The van der Waals surface area contributed by atoms with Crippen LogP contribution >= 0.6 is 0 Å². The molecular formula is C25H26F2N2O4. The largest absolute Gasteiger partial charge is 0.504 e. The maximum absolute atomic E-state index is 13.5. The van der Waals surface area contributed by atoms with Gasteiger partial charge in [-0.25, -0.2) is 8.78 Å².